The molecule has 3 heteroatoms. The van der Waals surface area contributed by atoms with Crippen LogP contribution >= 0.6 is 0 Å². The molecule has 0 bridgehead atoms. The average Bonchev–Trinajstić information content (AvgIpc) is 2.81. The Bertz CT molecular complexity index is 1270. The fraction of sp³-hybridized carbons (Fsp3) is 0.448. The van der Waals surface area contributed by atoms with Crippen LogP contribution in [0, 0.1) is 6.92 Å². The van der Waals surface area contributed by atoms with Crippen LogP contribution in [-0.4, -0.2) is 4.57 Å². The molecular weight excluding hydrogens is 392 g/mol. The van der Waals surface area contributed by atoms with E-state index in [1.165, 1.54) is 22.3 Å². The smallest absolute Gasteiger partial charge is 0.241 e. The molecule has 1 aliphatic rings. The fourth-order valence-electron chi connectivity index (χ4n) is 6.11. The van der Waals surface area contributed by atoms with Crippen LogP contribution in [0.4, 0.5) is 0 Å². The van der Waals surface area contributed by atoms with E-state index in [2.05, 4.69) is 87.7 Å². The number of allylic oxidation sites excluding steroid dienone is 1. The summed E-state index contributed by atoms with van der Waals surface area (Å²) < 4.78 is 4.33. The number of benzene rings is 2. The van der Waals surface area contributed by atoms with Gasteiger partial charge in [-0.2, -0.15) is 4.57 Å². The first kappa shape index (κ1) is 22.5. The number of rotatable bonds is 6. The fourth-order valence-corrected chi connectivity index (χ4v) is 6.11. The first-order valence-corrected chi connectivity index (χ1v) is 12.1. The van der Waals surface area contributed by atoms with Crippen molar-refractivity contribution >= 4 is 10.9 Å². The molecule has 0 saturated carbocycles. The van der Waals surface area contributed by atoms with Gasteiger partial charge in [-0.25, -0.2) is 9.36 Å². The molecule has 0 radical (unpaired) electrons. The van der Waals surface area contributed by atoms with Crippen molar-refractivity contribution in [3.05, 3.63) is 76.1 Å². The summed E-state index contributed by atoms with van der Waals surface area (Å²) in [5, 5.41) is 0.784. The molecule has 3 nitrogen and oxygen atoms in total. The number of fused-ring (bicyclic) bond motifs is 4. The van der Waals surface area contributed by atoms with E-state index in [4.69, 9.17) is 0 Å². The summed E-state index contributed by atoms with van der Waals surface area (Å²) in [5.41, 5.74) is 5.39. The van der Waals surface area contributed by atoms with Crippen molar-refractivity contribution in [1.29, 1.82) is 0 Å². The zero-order valence-electron chi connectivity index (χ0n) is 20.6. The van der Waals surface area contributed by atoms with Gasteiger partial charge in [-0.3, -0.25) is 0 Å². The van der Waals surface area contributed by atoms with Crippen LogP contribution in [0.5, 0.6) is 0 Å². The first-order chi connectivity index (χ1) is 15.3. The summed E-state index contributed by atoms with van der Waals surface area (Å²) in [6, 6.07) is 13.0. The van der Waals surface area contributed by atoms with Gasteiger partial charge in [-0.15, -0.1) is 0 Å². The van der Waals surface area contributed by atoms with Gasteiger partial charge in [-0.05, 0) is 67.5 Å². The maximum Gasteiger partial charge on any atom is 0.346 e. The van der Waals surface area contributed by atoms with Gasteiger partial charge >= 0.3 is 5.56 Å². The minimum Gasteiger partial charge on any atom is -0.241 e. The lowest BCUT2D eigenvalue weighted by atomic mass is 9.60. The highest BCUT2D eigenvalue weighted by molar-refractivity contribution is 5.79. The molecule has 0 aliphatic carbocycles. The Morgan fingerprint density at radius 2 is 1.88 bits per heavy atom. The highest BCUT2D eigenvalue weighted by atomic mass is 16.1. The van der Waals surface area contributed by atoms with Crippen LogP contribution in [0.3, 0.4) is 0 Å². The van der Waals surface area contributed by atoms with Crippen molar-refractivity contribution in [3.63, 3.8) is 0 Å². The number of unbranched alkanes of at least 4 members (excludes halogenated alkanes) is 1. The van der Waals surface area contributed by atoms with E-state index in [0.29, 0.717) is 0 Å². The molecule has 0 saturated heterocycles. The van der Waals surface area contributed by atoms with Gasteiger partial charge in [0.1, 0.15) is 16.4 Å². The van der Waals surface area contributed by atoms with Gasteiger partial charge < -0.3 is 0 Å². The molecule has 2 heterocycles. The van der Waals surface area contributed by atoms with E-state index in [9.17, 15) is 4.79 Å². The van der Waals surface area contributed by atoms with Crippen LogP contribution < -0.4 is 10.1 Å². The van der Waals surface area contributed by atoms with E-state index >= 15 is 0 Å². The van der Waals surface area contributed by atoms with Crippen molar-refractivity contribution < 1.29 is 4.57 Å². The summed E-state index contributed by atoms with van der Waals surface area (Å²) in [6.07, 6.45) is 7.13. The second-order valence-electron chi connectivity index (χ2n) is 9.64. The van der Waals surface area contributed by atoms with Crippen LogP contribution in [-0.2, 0) is 24.4 Å². The van der Waals surface area contributed by atoms with Gasteiger partial charge in [0, 0.05) is 5.41 Å². The SMILES string of the molecule is C=CC1(CC)n2c([n+](C)c3cc(CCCC)ccc3c2=O)-c2c(C)cccc2C1(C)CC. The lowest BCUT2D eigenvalue weighted by molar-refractivity contribution is -0.638. The molecule has 32 heavy (non-hydrogen) atoms. The van der Waals surface area contributed by atoms with Crippen molar-refractivity contribution in [2.24, 2.45) is 7.05 Å². The largest absolute Gasteiger partial charge is 0.346 e. The third kappa shape index (κ3) is 2.79. The summed E-state index contributed by atoms with van der Waals surface area (Å²) >= 11 is 0. The molecule has 0 N–H and O–H groups in total. The molecule has 2 unspecified atom stereocenters. The van der Waals surface area contributed by atoms with Crippen LogP contribution in [0.25, 0.3) is 22.3 Å². The maximum absolute atomic E-state index is 14.2. The summed E-state index contributed by atoms with van der Waals surface area (Å²) in [5.74, 6) is 0.996. The van der Waals surface area contributed by atoms with Gasteiger partial charge in [-0.1, -0.05) is 65.0 Å². The highest BCUT2D eigenvalue weighted by Crippen LogP contribution is 2.53. The minimum atomic E-state index is -0.498. The third-order valence-corrected chi connectivity index (χ3v) is 8.23. The van der Waals surface area contributed by atoms with Crippen LogP contribution in [0.1, 0.15) is 70.1 Å². The maximum atomic E-state index is 14.2. The molecule has 2 aromatic carbocycles. The Balaban J connectivity index is 2.22. The molecule has 4 rings (SSSR count). The Kier molecular flexibility index (Phi) is 5.65. The third-order valence-electron chi connectivity index (χ3n) is 8.23. The summed E-state index contributed by atoms with van der Waals surface area (Å²) in [7, 11) is 2.12. The molecule has 0 spiro atoms. The second kappa shape index (κ2) is 8.03. The van der Waals surface area contributed by atoms with Crippen molar-refractivity contribution in [2.45, 2.75) is 77.7 Å². The van der Waals surface area contributed by atoms with Gasteiger partial charge in [0.2, 0.25) is 0 Å². The Hall–Kier alpha value is -2.68. The second-order valence-corrected chi connectivity index (χ2v) is 9.64. The Morgan fingerprint density at radius 1 is 1.12 bits per heavy atom. The molecule has 1 aliphatic heterocycles. The van der Waals surface area contributed by atoms with E-state index in [1.54, 1.807) is 0 Å². The van der Waals surface area contributed by atoms with E-state index < -0.39 is 5.54 Å². The van der Waals surface area contributed by atoms with Crippen molar-refractivity contribution in [3.8, 4) is 11.4 Å². The lowest BCUT2D eigenvalue weighted by Crippen LogP contribution is -2.60. The lowest BCUT2D eigenvalue weighted by Gasteiger charge is -2.48. The number of aryl methyl sites for hydroxylation is 3. The first-order valence-electron chi connectivity index (χ1n) is 12.1. The Morgan fingerprint density at radius 3 is 2.50 bits per heavy atom. The predicted octanol–water partition coefficient (Wildman–Crippen LogP) is 6.12. The summed E-state index contributed by atoms with van der Waals surface area (Å²) in [6.45, 7) is 15.4. The number of hydrogen-bond donors (Lipinski definition) is 0. The van der Waals surface area contributed by atoms with Crippen molar-refractivity contribution in [1.82, 2.24) is 4.57 Å². The average molecular weight is 430 g/mol. The monoisotopic (exact) mass is 429 g/mol. The van der Waals surface area contributed by atoms with Gasteiger partial charge in [0.15, 0.2) is 0 Å². The Labute approximate surface area is 192 Å². The molecule has 1 aromatic heterocycles. The van der Waals surface area contributed by atoms with E-state index in [1.807, 2.05) is 12.1 Å². The molecule has 2 atom stereocenters. The van der Waals surface area contributed by atoms with Gasteiger partial charge in [0.25, 0.3) is 5.82 Å². The van der Waals surface area contributed by atoms with Gasteiger partial charge in [0.05, 0.1) is 12.6 Å². The van der Waals surface area contributed by atoms with Crippen molar-refractivity contribution in [2.75, 3.05) is 0 Å². The highest BCUT2D eigenvalue weighted by Gasteiger charge is 2.57. The van der Waals surface area contributed by atoms with E-state index in [0.717, 1.165) is 48.8 Å². The molecule has 168 valence electrons. The standard InChI is InChI=1S/C29H37N2O/c1-8-12-15-21-17-18-22-24(19-21)30(7)26-25-20(5)14-13-16-23(25)28(6,9-2)29(10-3,11-4)31(26)27(22)32/h10,13-14,16-19H,3,8-9,11-12,15H2,1-2,4-7H3/q+1. The van der Waals surface area contributed by atoms with Crippen LogP contribution in [0.2, 0.25) is 0 Å². The normalized spacial score (nSPS) is 21.9. The minimum absolute atomic E-state index is 0.0884. The zero-order chi connectivity index (χ0) is 23.3. The molecule has 0 fully saturated rings. The number of aromatic nitrogens is 2. The number of hydrogen-bond acceptors (Lipinski definition) is 1. The molecule has 0 amide bonds. The topological polar surface area (TPSA) is 25.9 Å². The molecule has 3 aromatic rings. The van der Waals surface area contributed by atoms with E-state index in [-0.39, 0.29) is 11.0 Å². The molecular formula is C29H37N2O+. The van der Waals surface area contributed by atoms with Crippen LogP contribution in [0.15, 0.2) is 53.8 Å². The number of nitrogens with zero attached hydrogens (tertiary/aromatic N) is 2. The summed E-state index contributed by atoms with van der Waals surface area (Å²) in [4.78, 5) is 14.2. The quantitative estimate of drug-likeness (QED) is 0.342. The zero-order valence-corrected chi connectivity index (χ0v) is 20.6. The predicted molar refractivity (Wildman–Crippen MR) is 134 cm³/mol.